The monoisotopic (exact) mass is 284 g/mol. The zero-order valence-electron chi connectivity index (χ0n) is 11.0. The van der Waals surface area contributed by atoms with Gasteiger partial charge in [-0.05, 0) is 26.0 Å². The summed E-state index contributed by atoms with van der Waals surface area (Å²) in [6.45, 7) is 5.37. The van der Waals surface area contributed by atoms with Crippen molar-refractivity contribution in [1.29, 1.82) is 0 Å². The third-order valence-electron chi connectivity index (χ3n) is 2.77. The molecule has 1 fully saturated rings. The molecule has 1 aliphatic rings. The Hall–Kier alpha value is -1.40. The summed E-state index contributed by atoms with van der Waals surface area (Å²) >= 11 is 5.72. The normalized spacial score (nSPS) is 19.6. The van der Waals surface area contributed by atoms with Gasteiger partial charge in [0.1, 0.15) is 6.04 Å². The van der Waals surface area contributed by atoms with Crippen LogP contribution in [-0.4, -0.2) is 47.9 Å². The summed E-state index contributed by atoms with van der Waals surface area (Å²) in [7, 11) is 0. The van der Waals surface area contributed by atoms with Crippen molar-refractivity contribution >= 4 is 23.3 Å². The smallest absolute Gasteiger partial charge is 0.245 e. The fourth-order valence-corrected chi connectivity index (χ4v) is 2.04. The molecule has 1 N–H and O–H groups in total. The van der Waals surface area contributed by atoms with Crippen LogP contribution in [0.1, 0.15) is 13.8 Å². The fraction of sp³-hybridized carbons (Fsp3) is 0.583. The lowest BCUT2D eigenvalue weighted by molar-refractivity contribution is -0.125. The van der Waals surface area contributed by atoms with Gasteiger partial charge in [0.15, 0.2) is 11.0 Å². The summed E-state index contributed by atoms with van der Waals surface area (Å²) in [6.07, 6.45) is 0. The second-order valence-corrected chi connectivity index (χ2v) is 5.05. The lowest BCUT2D eigenvalue weighted by Crippen LogP contribution is -2.55. The van der Waals surface area contributed by atoms with Crippen molar-refractivity contribution in [2.45, 2.75) is 25.9 Å². The molecule has 1 amide bonds. The maximum atomic E-state index is 12.2. The van der Waals surface area contributed by atoms with Crippen LogP contribution in [-0.2, 0) is 9.53 Å². The number of amides is 1. The number of carbonyl (C=O) groups excluding carboxylic acids is 1. The third kappa shape index (κ3) is 3.54. The Morgan fingerprint density at radius 3 is 2.95 bits per heavy atom. The highest BCUT2D eigenvalue weighted by Gasteiger charge is 2.30. The van der Waals surface area contributed by atoms with Gasteiger partial charge in [-0.2, -0.15) is 0 Å². The summed E-state index contributed by atoms with van der Waals surface area (Å²) < 4.78 is 5.38. The lowest BCUT2D eigenvalue weighted by Gasteiger charge is -2.35. The predicted molar refractivity (Wildman–Crippen MR) is 72.3 cm³/mol. The first-order chi connectivity index (χ1) is 9.08. The maximum absolute atomic E-state index is 12.2. The highest BCUT2D eigenvalue weighted by Crippen LogP contribution is 2.18. The van der Waals surface area contributed by atoms with E-state index >= 15 is 0 Å². The van der Waals surface area contributed by atoms with Crippen LogP contribution < -0.4 is 10.2 Å². The number of halogens is 1. The quantitative estimate of drug-likeness (QED) is 0.892. The predicted octanol–water partition coefficient (Wildman–Crippen LogP) is 0.860. The molecule has 0 aliphatic carbocycles. The van der Waals surface area contributed by atoms with E-state index in [0.29, 0.717) is 30.7 Å². The number of hydrogen-bond acceptors (Lipinski definition) is 5. The molecule has 0 bridgehead atoms. The van der Waals surface area contributed by atoms with E-state index in [9.17, 15) is 4.79 Å². The molecule has 1 aromatic rings. The number of anilines is 1. The first-order valence-electron chi connectivity index (χ1n) is 6.22. The molecule has 104 valence electrons. The van der Waals surface area contributed by atoms with Gasteiger partial charge < -0.3 is 15.0 Å². The molecule has 1 saturated heterocycles. The van der Waals surface area contributed by atoms with Crippen molar-refractivity contribution < 1.29 is 9.53 Å². The van der Waals surface area contributed by atoms with E-state index in [-0.39, 0.29) is 18.0 Å². The number of carbonyl (C=O) groups is 1. The Labute approximate surface area is 117 Å². The largest absolute Gasteiger partial charge is 0.377 e. The molecule has 0 spiro atoms. The molecule has 0 aromatic carbocycles. The van der Waals surface area contributed by atoms with E-state index in [0.717, 1.165) is 0 Å². The Kier molecular flexibility index (Phi) is 4.55. The van der Waals surface area contributed by atoms with Crippen molar-refractivity contribution in [3.63, 3.8) is 0 Å². The summed E-state index contributed by atoms with van der Waals surface area (Å²) in [4.78, 5) is 14.0. The summed E-state index contributed by atoms with van der Waals surface area (Å²) in [5.41, 5.74) is 0. The molecule has 0 radical (unpaired) electrons. The molecule has 2 rings (SSSR count). The highest BCUT2D eigenvalue weighted by molar-refractivity contribution is 6.29. The van der Waals surface area contributed by atoms with Crippen molar-refractivity contribution in [3.8, 4) is 0 Å². The number of rotatable bonds is 3. The minimum Gasteiger partial charge on any atom is -0.377 e. The van der Waals surface area contributed by atoms with E-state index < -0.39 is 0 Å². The standard InChI is InChI=1S/C12H17ClN4O2/c1-8(2)14-12(18)9-7-19-6-5-17(9)11-4-3-10(13)15-16-11/h3-4,8-9H,5-7H2,1-2H3,(H,14,18). The van der Waals surface area contributed by atoms with Gasteiger partial charge >= 0.3 is 0 Å². The van der Waals surface area contributed by atoms with Gasteiger partial charge in [0, 0.05) is 12.6 Å². The van der Waals surface area contributed by atoms with Crippen LogP contribution in [0.4, 0.5) is 5.82 Å². The zero-order chi connectivity index (χ0) is 13.8. The molecule has 2 heterocycles. The first-order valence-corrected chi connectivity index (χ1v) is 6.59. The van der Waals surface area contributed by atoms with E-state index in [1.807, 2.05) is 18.7 Å². The maximum Gasteiger partial charge on any atom is 0.245 e. The average Bonchev–Trinajstić information content (AvgIpc) is 2.39. The van der Waals surface area contributed by atoms with Crippen LogP contribution >= 0.6 is 11.6 Å². The minimum atomic E-state index is -0.383. The number of aromatic nitrogens is 2. The van der Waals surface area contributed by atoms with E-state index in [4.69, 9.17) is 16.3 Å². The van der Waals surface area contributed by atoms with Crippen LogP contribution in [0.2, 0.25) is 5.15 Å². The van der Waals surface area contributed by atoms with Crippen LogP contribution in [0.5, 0.6) is 0 Å². The van der Waals surface area contributed by atoms with Crippen molar-refractivity contribution in [3.05, 3.63) is 17.3 Å². The van der Waals surface area contributed by atoms with Gasteiger partial charge in [-0.1, -0.05) is 11.6 Å². The second-order valence-electron chi connectivity index (χ2n) is 4.66. The molecule has 1 unspecified atom stereocenters. The van der Waals surface area contributed by atoms with Gasteiger partial charge in [0.25, 0.3) is 0 Å². The Morgan fingerprint density at radius 1 is 1.53 bits per heavy atom. The van der Waals surface area contributed by atoms with E-state index in [1.54, 1.807) is 12.1 Å². The molecule has 19 heavy (non-hydrogen) atoms. The number of hydrogen-bond donors (Lipinski definition) is 1. The Morgan fingerprint density at radius 2 is 2.32 bits per heavy atom. The Balaban J connectivity index is 2.15. The molecule has 0 saturated carbocycles. The van der Waals surface area contributed by atoms with Gasteiger partial charge in [-0.25, -0.2) is 0 Å². The summed E-state index contributed by atoms with van der Waals surface area (Å²) in [5.74, 6) is 0.572. The third-order valence-corrected chi connectivity index (χ3v) is 2.98. The molecule has 1 atom stereocenters. The van der Waals surface area contributed by atoms with Crippen molar-refractivity contribution in [2.75, 3.05) is 24.7 Å². The van der Waals surface area contributed by atoms with Gasteiger partial charge in [-0.3, -0.25) is 4.79 Å². The van der Waals surface area contributed by atoms with Crippen molar-refractivity contribution in [2.24, 2.45) is 0 Å². The summed E-state index contributed by atoms with van der Waals surface area (Å²) in [5, 5.41) is 11.1. The first kappa shape index (κ1) is 14.0. The van der Waals surface area contributed by atoms with E-state index in [1.165, 1.54) is 0 Å². The van der Waals surface area contributed by atoms with Crippen molar-refractivity contribution in [1.82, 2.24) is 15.5 Å². The SMILES string of the molecule is CC(C)NC(=O)C1COCCN1c1ccc(Cl)nn1. The van der Waals surface area contributed by atoms with Gasteiger partial charge in [0.2, 0.25) is 5.91 Å². The number of morpholine rings is 1. The van der Waals surface area contributed by atoms with Gasteiger partial charge in [0.05, 0.1) is 13.2 Å². The number of ether oxygens (including phenoxy) is 1. The average molecular weight is 285 g/mol. The molecule has 6 nitrogen and oxygen atoms in total. The van der Waals surface area contributed by atoms with E-state index in [2.05, 4.69) is 15.5 Å². The molecular weight excluding hydrogens is 268 g/mol. The number of nitrogens with one attached hydrogen (secondary N) is 1. The van der Waals surface area contributed by atoms with Crippen LogP contribution in [0.15, 0.2) is 12.1 Å². The van der Waals surface area contributed by atoms with Gasteiger partial charge in [-0.15, -0.1) is 10.2 Å². The zero-order valence-corrected chi connectivity index (χ0v) is 11.7. The molecule has 1 aromatic heterocycles. The molecule has 7 heteroatoms. The lowest BCUT2D eigenvalue weighted by atomic mass is 10.2. The second kappa shape index (κ2) is 6.16. The Bertz CT molecular complexity index is 438. The fourth-order valence-electron chi connectivity index (χ4n) is 1.94. The van der Waals surface area contributed by atoms with Crippen LogP contribution in [0.3, 0.4) is 0 Å². The molecule has 1 aliphatic heterocycles. The minimum absolute atomic E-state index is 0.0635. The topological polar surface area (TPSA) is 67.3 Å². The van der Waals surface area contributed by atoms with Crippen LogP contribution in [0, 0.1) is 0 Å². The highest BCUT2D eigenvalue weighted by atomic mass is 35.5. The summed E-state index contributed by atoms with van der Waals surface area (Å²) in [6, 6.07) is 3.13. The number of nitrogens with zero attached hydrogens (tertiary/aromatic N) is 3. The molecular formula is C12H17ClN4O2. The van der Waals surface area contributed by atoms with Crippen LogP contribution in [0.25, 0.3) is 0 Å².